The monoisotopic (exact) mass is 303 g/mol. The van der Waals surface area contributed by atoms with Crippen LogP contribution in [-0.4, -0.2) is 9.78 Å². The Balaban J connectivity index is 2.80. The molecular weight excluding hydrogens is 294 g/mol. The molecule has 0 amide bonds. The molecule has 1 aromatic heterocycles. The molecule has 0 spiro atoms. The molecule has 0 aliphatic rings. The van der Waals surface area contributed by atoms with Crippen LogP contribution >= 0.6 is 15.9 Å². The number of rotatable bonds is 1. The second kappa shape index (κ2) is 4.75. The highest BCUT2D eigenvalue weighted by Gasteiger charge is 2.13. The van der Waals surface area contributed by atoms with Gasteiger partial charge in [0.1, 0.15) is 6.07 Å². The first-order valence-electron chi connectivity index (χ1n) is 5.31. The zero-order chi connectivity index (χ0) is 13.3. The van der Waals surface area contributed by atoms with Gasteiger partial charge in [0.05, 0.1) is 16.9 Å². The summed E-state index contributed by atoms with van der Waals surface area (Å²) in [5.74, 6) is 0. The predicted octanol–water partition coefficient (Wildman–Crippen LogP) is 2.48. The fraction of sp³-hybridized carbons (Fsp3) is 0.154. The normalized spacial score (nSPS) is 10.1. The first-order chi connectivity index (χ1) is 8.56. The predicted molar refractivity (Wildman–Crippen MR) is 71.7 cm³/mol. The Labute approximate surface area is 113 Å². The summed E-state index contributed by atoms with van der Waals surface area (Å²) in [4.78, 5) is 12.2. The highest BCUT2D eigenvalue weighted by atomic mass is 79.9. The smallest absolute Gasteiger partial charge is 0.267 e. The van der Waals surface area contributed by atoms with Gasteiger partial charge in [-0.1, -0.05) is 12.1 Å². The Kier molecular flexibility index (Phi) is 3.30. The van der Waals surface area contributed by atoms with Crippen molar-refractivity contribution in [3.8, 4) is 11.8 Å². The third-order valence-corrected chi connectivity index (χ3v) is 3.36. The lowest BCUT2D eigenvalue weighted by Gasteiger charge is -2.10. The zero-order valence-corrected chi connectivity index (χ0v) is 11.5. The first kappa shape index (κ1) is 12.5. The number of hydrogen-bond donors (Lipinski definition) is 0. The van der Waals surface area contributed by atoms with Crippen molar-refractivity contribution in [2.45, 2.75) is 13.8 Å². The van der Waals surface area contributed by atoms with Crippen LogP contribution in [-0.2, 0) is 0 Å². The number of nitriles is 1. The second-order valence-electron chi connectivity index (χ2n) is 3.87. The van der Waals surface area contributed by atoms with E-state index in [4.69, 9.17) is 5.26 Å². The largest absolute Gasteiger partial charge is 0.275 e. The van der Waals surface area contributed by atoms with Crippen LogP contribution in [0.2, 0.25) is 0 Å². The minimum absolute atomic E-state index is 0.274. The highest BCUT2D eigenvalue weighted by molar-refractivity contribution is 9.10. The maximum Gasteiger partial charge on any atom is 0.275 e. The SMILES string of the molecule is Cc1nn(-c2ccccc2Br)c(=O)c(C)c1C#N. The Morgan fingerprint density at radius 1 is 1.33 bits per heavy atom. The average molecular weight is 304 g/mol. The van der Waals surface area contributed by atoms with Crippen LogP contribution < -0.4 is 5.56 Å². The van der Waals surface area contributed by atoms with E-state index in [1.54, 1.807) is 19.9 Å². The van der Waals surface area contributed by atoms with Crippen LogP contribution in [0.1, 0.15) is 16.8 Å². The molecule has 2 rings (SSSR count). The maximum absolute atomic E-state index is 12.2. The lowest BCUT2D eigenvalue weighted by Crippen LogP contribution is -2.26. The molecule has 1 aromatic carbocycles. The number of benzene rings is 1. The molecule has 0 N–H and O–H groups in total. The summed E-state index contributed by atoms with van der Waals surface area (Å²) in [5, 5.41) is 13.2. The average Bonchev–Trinajstić information content (AvgIpc) is 2.35. The van der Waals surface area contributed by atoms with Crippen molar-refractivity contribution in [2.75, 3.05) is 0 Å². The van der Waals surface area contributed by atoms with Gasteiger partial charge in [-0.05, 0) is 41.9 Å². The molecular formula is C13H10BrN3O. The van der Waals surface area contributed by atoms with E-state index in [0.29, 0.717) is 22.5 Å². The van der Waals surface area contributed by atoms with Crippen LogP contribution in [0.5, 0.6) is 0 Å². The van der Waals surface area contributed by atoms with E-state index in [9.17, 15) is 4.79 Å². The molecule has 0 aliphatic heterocycles. The van der Waals surface area contributed by atoms with Gasteiger partial charge < -0.3 is 0 Å². The van der Waals surface area contributed by atoms with Crippen molar-refractivity contribution in [1.82, 2.24) is 9.78 Å². The van der Waals surface area contributed by atoms with Crippen molar-refractivity contribution in [3.63, 3.8) is 0 Å². The molecule has 5 heteroatoms. The first-order valence-corrected chi connectivity index (χ1v) is 6.11. The van der Waals surface area contributed by atoms with Gasteiger partial charge in [0, 0.05) is 10.0 Å². The summed E-state index contributed by atoms with van der Waals surface area (Å²) in [6.07, 6.45) is 0. The van der Waals surface area contributed by atoms with Gasteiger partial charge in [-0.2, -0.15) is 15.0 Å². The molecule has 0 fully saturated rings. The standard InChI is InChI=1S/C13H10BrN3O/c1-8-10(7-15)9(2)16-17(13(8)18)12-6-4-3-5-11(12)14/h3-6H,1-2H3. The van der Waals surface area contributed by atoms with Crippen molar-refractivity contribution < 1.29 is 0 Å². The number of aryl methyl sites for hydroxylation is 1. The highest BCUT2D eigenvalue weighted by Crippen LogP contribution is 2.19. The van der Waals surface area contributed by atoms with Gasteiger partial charge in [-0.25, -0.2) is 0 Å². The third-order valence-electron chi connectivity index (χ3n) is 2.69. The fourth-order valence-electron chi connectivity index (χ4n) is 1.73. The van der Waals surface area contributed by atoms with E-state index in [1.165, 1.54) is 4.68 Å². The lowest BCUT2D eigenvalue weighted by atomic mass is 10.1. The van der Waals surface area contributed by atoms with E-state index in [2.05, 4.69) is 21.0 Å². The van der Waals surface area contributed by atoms with Gasteiger partial charge in [-0.3, -0.25) is 4.79 Å². The number of hydrogen-bond acceptors (Lipinski definition) is 3. The number of para-hydroxylation sites is 1. The molecule has 90 valence electrons. The minimum atomic E-state index is -0.274. The molecule has 2 aromatic rings. The van der Waals surface area contributed by atoms with Gasteiger partial charge >= 0.3 is 0 Å². The molecule has 18 heavy (non-hydrogen) atoms. The Morgan fingerprint density at radius 3 is 2.61 bits per heavy atom. The topological polar surface area (TPSA) is 58.7 Å². The van der Waals surface area contributed by atoms with Crippen LogP contribution in [0.4, 0.5) is 0 Å². The molecule has 0 saturated carbocycles. The van der Waals surface area contributed by atoms with E-state index >= 15 is 0 Å². The second-order valence-corrected chi connectivity index (χ2v) is 4.72. The summed E-state index contributed by atoms with van der Waals surface area (Å²) < 4.78 is 2.10. The molecule has 4 nitrogen and oxygen atoms in total. The lowest BCUT2D eigenvalue weighted by molar-refractivity contribution is 0.769. The Morgan fingerprint density at radius 2 is 2.00 bits per heavy atom. The van der Waals surface area contributed by atoms with Crippen molar-refractivity contribution >= 4 is 15.9 Å². The van der Waals surface area contributed by atoms with Crippen LogP contribution in [0.25, 0.3) is 5.69 Å². The van der Waals surface area contributed by atoms with E-state index in [-0.39, 0.29) is 5.56 Å². The molecule has 0 aliphatic carbocycles. The maximum atomic E-state index is 12.2. The summed E-state index contributed by atoms with van der Waals surface area (Å²) in [5.41, 5.74) is 1.71. The van der Waals surface area contributed by atoms with Crippen LogP contribution in [0.3, 0.4) is 0 Å². The molecule has 0 atom stereocenters. The zero-order valence-electron chi connectivity index (χ0n) is 9.94. The third kappa shape index (κ3) is 1.95. The number of halogens is 1. The minimum Gasteiger partial charge on any atom is -0.267 e. The molecule has 0 unspecified atom stereocenters. The summed E-state index contributed by atoms with van der Waals surface area (Å²) in [6, 6.07) is 9.34. The van der Waals surface area contributed by atoms with E-state index < -0.39 is 0 Å². The van der Waals surface area contributed by atoms with Gasteiger partial charge in [-0.15, -0.1) is 0 Å². The molecule has 0 saturated heterocycles. The van der Waals surface area contributed by atoms with Crippen LogP contribution in [0.15, 0.2) is 33.5 Å². The van der Waals surface area contributed by atoms with Gasteiger partial charge in [0.2, 0.25) is 0 Å². The van der Waals surface area contributed by atoms with Gasteiger partial charge in [0.25, 0.3) is 5.56 Å². The van der Waals surface area contributed by atoms with Crippen molar-refractivity contribution in [1.29, 1.82) is 5.26 Å². The molecule has 0 radical (unpaired) electrons. The van der Waals surface area contributed by atoms with Gasteiger partial charge in [0.15, 0.2) is 0 Å². The fourth-order valence-corrected chi connectivity index (χ4v) is 2.19. The van der Waals surface area contributed by atoms with Crippen LogP contribution in [0, 0.1) is 25.2 Å². The Hall–Kier alpha value is -1.93. The number of nitrogens with zero attached hydrogens (tertiary/aromatic N) is 3. The summed E-state index contributed by atoms with van der Waals surface area (Å²) in [6.45, 7) is 3.36. The molecule has 1 heterocycles. The van der Waals surface area contributed by atoms with Crippen molar-refractivity contribution in [3.05, 3.63) is 55.9 Å². The van der Waals surface area contributed by atoms with E-state index in [0.717, 1.165) is 4.47 Å². The summed E-state index contributed by atoms with van der Waals surface area (Å²) in [7, 11) is 0. The quantitative estimate of drug-likeness (QED) is 0.813. The number of aromatic nitrogens is 2. The van der Waals surface area contributed by atoms with E-state index in [1.807, 2.05) is 24.3 Å². The van der Waals surface area contributed by atoms with Crippen molar-refractivity contribution in [2.24, 2.45) is 0 Å². The summed E-state index contributed by atoms with van der Waals surface area (Å²) >= 11 is 3.39. The Bertz CT molecular complexity index is 713. The molecule has 0 bridgehead atoms.